The summed E-state index contributed by atoms with van der Waals surface area (Å²) in [5.74, 6) is -3.07. The third-order valence-electron chi connectivity index (χ3n) is 3.31. The van der Waals surface area contributed by atoms with Crippen LogP contribution in [0.4, 0.5) is 0 Å². The van der Waals surface area contributed by atoms with E-state index in [1.54, 1.807) is 32.9 Å². The van der Waals surface area contributed by atoms with Crippen molar-refractivity contribution < 1.29 is 29.3 Å². The van der Waals surface area contributed by atoms with Crippen LogP contribution in [0.5, 0.6) is 0 Å². The second-order valence-electron chi connectivity index (χ2n) is 6.45. The molecule has 0 unspecified atom stereocenters. The molecule has 2 rings (SSSR count). The number of carbonyl (C=O) groups is 3. The molecular weight excluding hydrogens is 324 g/mol. The van der Waals surface area contributed by atoms with E-state index in [0.29, 0.717) is 11.1 Å². The molecule has 2 aromatic rings. The van der Waals surface area contributed by atoms with Crippen LogP contribution < -0.4 is 0 Å². The molecule has 0 spiro atoms. The molecule has 2 N–H and O–H groups in total. The summed E-state index contributed by atoms with van der Waals surface area (Å²) in [5.41, 5.74) is 0.147. The number of hydrogen-bond donors (Lipinski definition) is 2. The Morgan fingerprint density at radius 1 is 0.840 bits per heavy atom. The lowest BCUT2D eigenvalue weighted by molar-refractivity contribution is 0.00657. The van der Waals surface area contributed by atoms with Gasteiger partial charge in [-0.2, -0.15) is 0 Å². The van der Waals surface area contributed by atoms with Crippen LogP contribution in [0.15, 0.2) is 42.5 Å². The predicted molar refractivity (Wildman–Crippen MR) is 91.0 cm³/mol. The van der Waals surface area contributed by atoms with Crippen molar-refractivity contribution in [1.29, 1.82) is 0 Å². The highest BCUT2D eigenvalue weighted by Crippen LogP contribution is 2.25. The Morgan fingerprint density at radius 2 is 1.48 bits per heavy atom. The van der Waals surface area contributed by atoms with Gasteiger partial charge in [-0.05, 0) is 56.2 Å². The Bertz CT molecular complexity index is 845. The van der Waals surface area contributed by atoms with Gasteiger partial charge in [-0.1, -0.05) is 18.2 Å². The van der Waals surface area contributed by atoms with Crippen LogP contribution in [-0.2, 0) is 4.74 Å². The summed E-state index contributed by atoms with van der Waals surface area (Å²) in [6.45, 7) is 5.06. The first-order valence-corrected chi connectivity index (χ1v) is 7.53. The lowest BCUT2D eigenvalue weighted by atomic mass is 9.97. The number of esters is 1. The second kappa shape index (κ2) is 6.76. The predicted octanol–water partition coefficient (Wildman–Crippen LogP) is 3.71. The first kappa shape index (κ1) is 18.2. The van der Waals surface area contributed by atoms with Gasteiger partial charge in [0.1, 0.15) is 5.60 Å². The van der Waals surface area contributed by atoms with E-state index in [1.807, 2.05) is 0 Å². The largest absolute Gasteiger partial charge is 0.478 e. The van der Waals surface area contributed by atoms with E-state index >= 15 is 0 Å². The molecule has 0 amide bonds. The number of carboxylic acids is 2. The SMILES string of the molecule is CC(C)(C)OC(=O)c1cc(-c2cccc(C(=O)O)c2)ccc1C(=O)O. The van der Waals surface area contributed by atoms with Gasteiger partial charge in [0.2, 0.25) is 0 Å². The van der Waals surface area contributed by atoms with Crippen LogP contribution in [0, 0.1) is 0 Å². The number of hydrogen-bond acceptors (Lipinski definition) is 4. The average Bonchev–Trinajstić information content (AvgIpc) is 2.52. The van der Waals surface area contributed by atoms with Gasteiger partial charge in [0, 0.05) is 0 Å². The van der Waals surface area contributed by atoms with Gasteiger partial charge in [0.05, 0.1) is 16.7 Å². The van der Waals surface area contributed by atoms with Crippen molar-refractivity contribution >= 4 is 17.9 Å². The summed E-state index contributed by atoms with van der Waals surface area (Å²) < 4.78 is 5.27. The minimum absolute atomic E-state index is 0.0827. The third-order valence-corrected chi connectivity index (χ3v) is 3.31. The van der Waals surface area contributed by atoms with Crippen molar-refractivity contribution in [3.63, 3.8) is 0 Å². The summed E-state index contributed by atoms with van der Waals surface area (Å²) in [4.78, 5) is 34.9. The second-order valence-corrected chi connectivity index (χ2v) is 6.45. The Morgan fingerprint density at radius 3 is 2.04 bits per heavy atom. The zero-order valence-electron chi connectivity index (χ0n) is 14.1. The van der Waals surface area contributed by atoms with Gasteiger partial charge in [0.15, 0.2) is 0 Å². The van der Waals surface area contributed by atoms with Crippen LogP contribution in [0.25, 0.3) is 11.1 Å². The van der Waals surface area contributed by atoms with Crippen LogP contribution in [0.2, 0.25) is 0 Å². The Balaban J connectivity index is 2.54. The summed E-state index contributed by atoms with van der Waals surface area (Å²) >= 11 is 0. The molecule has 0 aliphatic heterocycles. The highest BCUT2D eigenvalue weighted by molar-refractivity contribution is 6.03. The molecule has 2 aromatic carbocycles. The van der Waals surface area contributed by atoms with Crippen LogP contribution in [0.3, 0.4) is 0 Å². The summed E-state index contributed by atoms with van der Waals surface area (Å²) in [6, 6.07) is 10.4. The molecule has 0 heterocycles. The van der Waals surface area contributed by atoms with Crippen LogP contribution in [0.1, 0.15) is 51.8 Å². The number of rotatable bonds is 4. The summed E-state index contributed by atoms with van der Waals surface area (Å²) in [5, 5.41) is 18.4. The maximum absolute atomic E-state index is 12.4. The fourth-order valence-electron chi connectivity index (χ4n) is 2.24. The van der Waals surface area contributed by atoms with E-state index in [9.17, 15) is 19.5 Å². The number of ether oxygens (including phenoxy) is 1. The van der Waals surface area contributed by atoms with Gasteiger partial charge >= 0.3 is 17.9 Å². The van der Waals surface area contributed by atoms with E-state index in [1.165, 1.54) is 30.3 Å². The quantitative estimate of drug-likeness (QED) is 0.822. The van der Waals surface area contributed by atoms with Crippen molar-refractivity contribution in [3.8, 4) is 11.1 Å². The number of carboxylic acid groups (broad SMARTS) is 2. The first-order chi connectivity index (χ1) is 11.6. The van der Waals surface area contributed by atoms with E-state index in [-0.39, 0.29) is 16.7 Å². The van der Waals surface area contributed by atoms with E-state index in [2.05, 4.69) is 0 Å². The average molecular weight is 342 g/mol. The van der Waals surface area contributed by atoms with E-state index in [0.717, 1.165) is 0 Å². The maximum Gasteiger partial charge on any atom is 0.339 e. The zero-order valence-corrected chi connectivity index (χ0v) is 14.1. The molecule has 0 saturated heterocycles. The molecule has 0 bridgehead atoms. The van der Waals surface area contributed by atoms with Gasteiger partial charge in [-0.25, -0.2) is 14.4 Å². The molecule has 0 aromatic heterocycles. The topological polar surface area (TPSA) is 101 Å². The number of aromatic carboxylic acids is 2. The molecule has 0 saturated carbocycles. The molecule has 0 atom stereocenters. The molecule has 0 fully saturated rings. The maximum atomic E-state index is 12.4. The Labute approximate surface area is 144 Å². The van der Waals surface area contributed by atoms with Crippen molar-refractivity contribution in [2.75, 3.05) is 0 Å². The van der Waals surface area contributed by atoms with E-state index < -0.39 is 23.5 Å². The van der Waals surface area contributed by atoms with Gasteiger partial charge in [-0.15, -0.1) is 0 Å². The minimum Gasteiger partial charge on any atom is -0.478 e. The minimum atomic E-state index is -1.24. The molecule has 130 valence electrons. The van der Waals surface area contributed by atoms with Gasteiger partial charge in [0.25, 0.3) is 0 Å². The molecular formula is C19H18O6. The Hall–Kier alpha value is -3.15. The first-order valence-electron chi connectivity index (χ1n) is 7.53. The molecule has 0 radical (unpaired) electrons. The molecule has 0 aliphatic carbocycles. The number of carbonyl (C=O) groups excluding carboxylic acids is 1. The standard InChI is InChI=1S/C19H18O6/c1-19(2,3)25-18(24)15-10-12(7-8-14(15)17(22)23)11-5-4-6-13(9-11)16(20)21/h4-10H,1-3H3,(H,20,21)(H,22,23). The lowest BCUT2D eigenvalue weighted by Crippen LogP contribution is -2.25. The zero-order chi connectivity index (χ0) is 18.8. The van der Waals surface area contributed by atoms with Crippen LogP contribution >= 0.6 is 0 Å². The highest BCUT2D eigenvalue weighted by Gasteiger charge is 2.23. The molecule has 6 heteroatoms. The molecule has 6 nitrogen and oxygen atoms in total. The number of benzene rings is 2. The lowest BCUT2D eigenvalue weighted by Gasteiger charge is -2.20. The van der Waals surface area contributed by atoms with E-state index in [4.69, 9.17) is 9.84 Å². The summed E-state index contributed by atoms with van der Waals surface area (Å²) in [6.07, 6.45) is 0. The van der Waals surface area contributed by atoms with Gasteiger partial charge < -0.3 is 14.9 Å². The van der Waals surface area contributed by atoms with Crippen LogP contribution in [-0.4, -0.2) is 33.7 Å². The normalized spacial score (nSPS) is 11.0. The van der Waals surface area contributed by atoms with Crippen molar-refractivity contribution in [1.82, 2.24) is 0 Å². The third kappa shape index (κ3) is 4.44. The Kier molecular flexibility index (Phi) is 4.92. The fourth-order valence-corrected chi connectivity index (χ4v) is 2.24. The molecule has 25 heavy (non-hydrogen) atoms. The molecule has 0 aliphatic rings. The van der Waals surface area contributed by atoms with Crippen molar-refractivity contribution in [2.24, 2.45) is 0 Å². The smallest absolute Gasteiger partial charge is 0.339 e. The monoisotopic (exact) mass is 342 g/mol. The van der Waals surface area contributed by atoms with Crippen molar-refractivity contribution in [3.05, 3.63) is 59.2 Å². The fraction of sp³-hybridized carbons (Fsp3) is 0.211. The van der Waals surface area contributed by atoms with Crippen molar-refractivity contribution in [2.45, 2.75) is 26.4 Å². The summed E-state index contributed by atoms with van der Waals surface area (Å²) in [7, 11) is 0. The highest BCUT2D eigenvalue weighted by atomic mass is 16.6. The van der Waals surface area contributed by atoms with Gasteiger partial charge in [-0.3, -0.25) is 0 Å².